The minimum atomic E-state index is -0.562. The van der Waals surface area contributed by atoms with Crippen molar-refractivity contribution in [2.24, 2.45) is 0 Å². The molecule has 0 bridgehead atoms. The number of carbonyl (C=O) groups excluding carboxylic acids is 1. The summed E-state index contributed by atoms with van der Waals surface area (Å²) in [6.45, 7) is 4.79. The third-order valence-corrected chi connectivity index (χ3v) is 6.59. The second-order valence-corrected chi connectivity index (χ2v) is 8.63. The smallest absolute Gasteiger partial charge is 0.246 e. The topological polar surface area (TPSA) is 86.0 Å². The molecule has 1 saturated heterocycles. The second kappa shape index (κ2) is 9.28. The van der Waals surface area contributed by atoms with Gasteiger partial charge in [0, 0.05) is 41.8 Å². The van der Waals surface area contributed by atoms with E-state index in [0.29, 0.717) is 41.4 Å². The van der Waals surface area contributed by atoms with Crippen LogP contribution in [0.1, 0.15) is 6.42 Å². The van der Waals surface area contributed by atoms with Gasteiger partial charge in [-0.1, -0.05) is 48.5 Å². The minimum Gasteiger partial charge on any atom is -0.352 e. The van der Waals surface area contributed by atoms with Crippen molar-refractivity contribution in [3.8, 4) is 17.3 Å². The Morgan fingerprint density at radius 2 is 2.03 bits per heavy atom. The van der Waals surface area contributed by atoms with Crippen LogP contribution in [0, 0.1) is 17.1 Å². The fraction of sp³-hybridized carbons (Fsp3) is 0.192. The van der Waals surface area contributed by atoms with Gasteiger partial charge >= 0.3 is 0 Å². The first-order valence-corrected chi connectivity index (χ1v) is 11.4. The number of carbonyl (C=O) groups is 1. The van der Waals surface area contributed by atoms with Gasteiger partial charge in [-0.05, 0) is 17.5 Å². The molecule has 1 amide bonds. The maximum Gasteiger partial charge on any atom is 0.246 e. The first-order chi connectivity index (χ1) is 17.0. The highest BCUT2D eigenvalue weighted by Crippen LogP contribution is 2.36. The molecule has 1 fully saturated rings. The molecule has 35 heavy (non-hydrogen) atoms. The number of nitriles is 1. The number of nitrogens with zero attached hydrogens (tertiary/aromatic N) is 6. The Morgan fingerprint density at radius 3 is 2.80 bits per heavy atom. The lowest BCUT2D eigenvalue weighted by molar-refractivity contribution is -0.128. The van der Waals surface area contributed by atoms with Crippen LogP contribution in [0.3, 0.4) is 0 Å². The predicted molar refractivity (Wildman–Crippen MR) is 133 cm³/mol. The van der Waals surface area contributed by atoms with E-state index in [-0.39, 0.29) is 29.6 Å². The molecule has 174 valence electrons. The number of hydrogen-bond donors (Lipinski definition) is 0. The number of hydrogen-bond acceptors (Lipinski definition) is 6. The number of anilines is 1. The van der Waals surface area contributed by atoms with E-state index in [0.717, 1.165) is 10.8 Å². The van der Waals surface area contributed by atoms with Crippen molar-refractivity contribution in [3.63, 3.8) is 0 Å². The molecule has 1 aliphatic heterocycles. The van der Waals surface area contributed by atoms with Gasteiger partial charge in [0.2, 0.25) is 5.91 Å². The molecular formula is C26H20ClFN6O. The Labute approximate surface area is 206 Å². The molecule has 0 spiro atoms. The number of halogens is 2. The molecule has 7 nitrogen and oxygen atoms in total. The number of aromatic nitrogens is 3. The molecular weight excluding hydrogens is 467 g/mol. The highest BCUT2D eigenvalue weighted by molar-refractivity contribution is 6.36. The van der Waals surface area contributed by atoms with Gasteiger partial charge in [0.1, 0.15) is 23.4 Å². The van der Waals surface area contributed by atoms with E-state index in [2.05, 4.69) is 27.6 Å². The molecule has 0 unspecified atom stereocenters. The molecule has 0 radical (unpaired) electrons. The Bertz CT molecular complexity index is 1510. The molecule has 1 aliphatic rings. The van der Waals surface area contributed by atoms with Gasteiger partial charge in [-0.3, -0.25) is 9.78 Å². The molecule has 9 heteroatoms. The Kier molecular flexibility index (Phi) is 6.01. The Morgan fingerprint density at radius 1 is 1.23 bits per heavy atom. The summed E-state index contributed by atoms with van der Waals surface area (Å²) in [5.74, 6) is -0.270. The summed E-state index contributed by atoms with van der Waals surface area (Å²) >= 11 is 6.45. The molecule has 4 aromatic rings. The van der Waals surface area contributed by atoms with Gasteiger partial charge in [-0.2, -0.15) is 5.26 Å². The fourth-order valence-electron chi connectivity index (χ4n) is 4.65. The van der Waals surface area contributed by atoms with E-state index in [4.69, 9.17) is 11.6 Å². The fourth-order valence-corrected chi connectivity index (χ4v) is 4.93. The highest BCUT2D eigenvalue weighted by atomic mass is 35.5. The number of pyridine rings is 1. The zero-order chi connectivity index (χ0) is 24.5. The summed E-state index contributed by atoms with van der Waals surface area (Å²) < 4.78 is 15.9. The van der Waals surface area contributed by atoms with Gasteiger partial charge in [-0.15, -0.1) is 0 Å². The zero-order valence-electron chi connectivity index (χ0n) is 18.7. The van der Waals surface area contributed by atoms with Crippen LogP contribution >= 0.6 is 11.6 Å². The van der Waals surface area contributed by atoms with E-state index in [1.165, 1.54) is 12.4 Å². The normalized spacial score (nSPS) is 15.9. The third kappa shape index (κ3) is 3.94. The summed E-state index contributed by atoms with van der Waals surface area (Å²) in [4.78, 5) is 28.9. The van der Waals surface area contributed by atoms with Crippen molar-refractivity contribution in [3.05, 3.63) is 72.4 Å². The van der Waals surface area contributed by atoms with Crippen LogP contribution in [0.5, 0.6) is 0 Å². The van der Waals surface area contributed by atoms with Crippen LogP contribution in [0.15, 0.2) is 61.6 Å². The predicted octanol–water partition coefficient (Wildman–Crippen LogP) is 4.75. The van der Waals surface area contributed by atoms with Gasteiger partial charge in [0.05, 0.1) is 23.9 Å². The summed E-state index contributed by atoms with van der Waals surface area (Å²) in [5, 5.41) is 11.8. The summed E-state index contributed by atoms with van der Waals surface area (Å²) in [6, 6.07) is 12.9. The number of fused-ring (bicyclic) bond motifs is 2. The number of benzene rings is 2. The largest absolute Gasteiger partial charge is 0.352 e. The van der Waals surface area contributed by atoms with Crippen molar-refractivity contribution in [2.75, 3.05) is 24.5 Å². The molecule has 2 aromatic heterocycles. The van der Waals surface area contributed by atoms with Crippen LogP contribution in [0.2, 0.25) is 5.02 Å². The first kappa shape index (κ1) is 22.7. The Balaban J connectivity index is 1.58. The van der Waals surface area contributed by atoms with Crippen LogP contribution < -0.4 is 4.90 Å². The lowest BCUT2D eigenvalue weighted by Gasteiger charge is -2.41. The van der Waals surface area contributed by atoms with E-state index in [1.807, 2.05) is 29.2 Å². The quantitative estimate of drug-likeness (QED) is 0.387. The maximum absolute atomic E-state index is 15.9. The lowest BCUT2D eigenvalue weighted by Crippen LogP contribution is -2.55. The number of piperazine rings is 1. The second-order valence-electron chi connectivity index (χ2n) is 8.22. The van der Waals surface area contributed by atoms with E-state index in [9.17, 15) is 10.1 Å². The molecule has 2 aromatic carbocycles. The zero-order valence-corrected chi connectivity index (χ0v) is 19.4. The first-order valence-electron chi connectivity index (χ1n) is 11.0. The average molecular weight is 487 g/mol. The highest BCUT2D eigenvalue weighted by Gasteiger charge is 2.31. The van der Waals surface area contributed by atoms with Crippen molar-refractivity contribution in [1.29, 1.82) is 5.26 Å². The van der Waals surface area contributed by atoms with E-state index in [1.54, 1.807) is 23.2 Å². The minimum absolute atomic E-state index is 0.144. The van der Waals surface area contributed by atoms with Gasteiger partial charge < -0.3 is 9.80 Å². The van der Waals surface area contributed by atoms with Crippen molar-refractivity contribution in [2.45, 2.75) is 12.5 Å². The van der Waals surface area contributed by atoms with Crippen LogP contribution in [-0.2, 0) is 4.79 Å². The van der Waals surface area contributed by atoms with Crippen LogP contribution in [0.4, 0.5) is 10.2 Å². The van der Waals surface area contributed by atoms with Crippen molar-refractivity contribution < 1.29 is 9.18 Å². The SMILES string of the molecule is C=CC(=O)N1CCN(c2ncnc3c(F)c(-c4cccc5cccc(Cl)c45)ncc23)C[C@@H]1CC#N. The van der Waals surface area contributed by atoms with E-state index >= 15 is 4.39 Å². The van der Waals surface area contributed by atoms with Crippen molar-refractivity contribution >= 4 is 45.0 Å². The number of amides is 1. The van der Waals surface area contributed by atoms with Gasteiger partial charge in [-0.25, -0.2) is 14.4 Å². The molecule has 0 N–H and O–H groups in total. The van der Waals surface area contributed by atoms with Gasteiger partial charge in [0.25, 0.3) is 0 Å². The summed E-state index contributed by atoms with van der Waals surface area (Å²) in [5.41, 5.74) is 0.883. The molecule has 0 saturated carbocycles. The lowest BCUT2D eigenvalue weighted by atomic mass is 10.0. The standard InChI is InChI=1S/C26H20ClFN6O/c1-2-21(35)34-12-11-33(14-17(34)9-10-29)26-19-13-30-24(23(28)25(19)31-15-32-26)18-7-3-5-16-6-4-8-20(27)22(16)18/h2-8,13,15,17H,1,9,11-12,14H2/t17-/m0/s1. The molecule has 3 heterocycles. The molecule has 5 rings (SSSR count). The third-order valence-electron chi connectivity index (χ3n) is 6.28. The van der Waals surface area contributed by atoms with Gasteiger partial charge in [0.15, 0.2) is 5.82 Å². The molecule has 0 aliphatic carbocycles. The average Bonchev–Trinajstić information content (AvgIpc) is 2.88. The summed E-state index contributed by atoms with van der Waals surface area (Å²) in [6.07, 6.45) is 4.30. The van der Waals surface area contributed by atoms with E-state index < -0.39 is 5.82 Å². The molecule has 1 atom stereocenters. The Hall–Kier alpha value is -4.09. The number of rotatable bonds is 4. The van der Waals surface area contributed by atoms with Crippen LogP contribution in [-0.4, -0.2) is 51.4 Å². The van der Waals surface area contributed by atoms with Crippen LogP contribution in [0.25, 0.3) is 32.9 Å². The monoisotopic (exact) mass is 486 g/mol. The van der Waals surface area contributed by atoms with Crippen molar-refractivity contribution in [1.82, 2.24) is 19.9 Å². The maximum atomic E-state index is 15.9. The summed E-state index contributed by atoms with van der Waals surface area (Å²) in [7, 11) is 0.